The summed E-state index contributed by atoms with van der Waals surface area (Å²) in [5.74, 6) is 1.41. The summed E-state index contributed by atoms with van der Waals surface area (Å²) in [6.45, 7) is 7.08. The first-order valence-corrected chi connectivity index (χ1v) is 9.29. The van der Waals surface area contributed by atoms with E-state index in [0.29, 0.717) is 11.8 Å². The highest BCUT2D eigenvalue weighted by Crippen LogP contribution is 2.30. The van der Waals surface area contributed by atoms with Crippen LogP contribution in [0.1, 0.15) is 27.9 Å². The van der Waals surface area contributed by atoms with Gasteiger partial charge in [0, 0.05) is 38.3 Å². The van der Waals surface area contributed by atoms with Gasteiger partial charge in [0.15, 0.2) is 0 Å². The van der Waals surface area contributed by atoms with Crippen molar-refractivity contribution in [3.63, 3.8) is 0 Å². The predicted octanol–water partition coefficient (Wildman–Crippen LogP) is 3.59. The molecule has 2 aliphatic rings. The van der Waals surface area contributed by atoms with Gasteiger partial charge in [-0.15, -0.1) is 0 Å². The Morgan fingerprint density at radius 2 is 1.56 bits per heavy atom. The second-order valence-electron chi connectivity index (χ2n) is 7.72. The van der Waals surface area contributed by atoms with Gasteiger partial charge in [0.2, 0.25) is 0 Å². The number of fused-ring (bicyclic) bond motifs is 2. The van der Waals surface area contributed by atoms with Gasteiger partial charge in [-0.3, -0.25) is 9.69 Å². The molecule has 3 heteroatoms. The number of hydrogen-bond acceptors (Lipinski definition) is 2. The molecule has 2 aromatic carbocycles. The maximum absolute atomic E-state index is 12.8. The third-order valence-corrected chi connectivity index (χ3v) is 5.49. The van der Waals surface area contributed by atoms with Crippen LogP contribution < -0.4 is 0 Å². The van der Waals surface area contributed by atoms with E-state index in [1.807, 2.05) is 24.3 Å². The lowest BCUT2D eigenvalue weighted by Crippen LogP contribution is -2.53. The van der Waals surface area contributed by atoms with Gasteiger partial charge in [-0.2, -0.15) is 0 Å². The zero-order valence-corrected chi connectivity index (χ0v) is 14.9. The largest absolute Gasteiger partial charge is 0.338 e. The van der Waals surface area contributed by atoms with Crippen molar-refractivity contribution < 1.29 is 4.79 Å². The SMILES string of the molecule is Cc1ccc(C(=O)N2CC3CC(CN(Cc4ccccc4)C3)C2)cc1. The van der Waals surface area contributed by atoms with E-state index in [1.54, 1.807) is 0 Å². The second-order valence-corrected chi connectivity index (χ2v) is 7.72. The summed E-state index contributed by atoms with van der Waals surface area (Å²) in [6.07, 6.45) is 1.27. The molecule has 25 heavy (non-hydrogen) atoms. The Kier molecular flexibility index (Phi) is 4.58. The number of aryl methyl sites for hydroxylation is 1. The van der Waals surface area contributed by atoms with Crippen molar-refractivity contribution in [2.24, 2.45) is 11.8 Å². The molecule has 2 unspecified atom stereocenters. The number of amides is 1. The number of carbonyl (C=O) groups excluding carboxylic acids is 1. The number of benzene rings is 2. The zero-order chi connectivity index (χ0) is 17.2. The van der Waals surface area contributed by atoms with Crippen LogP contribution in [0.3, 0.4) is 0 Å². The smallest absolute Gasteiger partial charge is 0.253 e. The van der Waals surface area contributed by atoms with Crippen LogP contribution in [0.4, 0.5) is 0 Å². The van der Waals surface area contributed by atoms with Crippen LogP contribution in [0.25, 0.3) is 0 Å². The molecule has 2 aliphatic heterocycles. The summed E-state index contributed by atoms with van der Waals surface area (Å²) in [5, 5.41) is 0. The molecule has 1 amide bonds. The van der Waals surface area contributed by atoms with E-state index >= 15 is 0 Å². The van der Waals surface area contributed by atoms with E-state index in [-0.39, 0.29) is 5.91 Å². The summed E-state index contributed by atoms with van der Waals surface area (Å²) in [4.78, 5) is 17.5. The monoisotopic (exact) mass is 334 g/mol. The van der Waals surface area contributed by atoms with Gasteiger partial charge in [-0.1, -0.05) is 48.0 Å². The van der Waals surface area contributed by atoms with Gasteiger partial charge in [0.25, 0.3) is 5.91 Å². The van der Waals surface area contributed by atoms with E-state index in [4.69, 9.17) is 0 Å². The fourth-order valence-electron chi connectivity index (χ4n) is 4.40. The highest BCUT2D eigenvalue weighted by atomic mass is 16.2. The Labute approximate surface area is 150 Å². The molecular weight excluding hydrogens is 308 g/mol. The number of rotatable bonds is 3. The van der Waals surface area contributed by atoms with Crippen molar-refractivity contribution in [3.05, 3.63) is 71.3 Å². The first-order valence-electron chi connectivity index (χ1n) is 9.29. The molecule has 0 N–H and O–H groups in total. The van der Waals surface area contributed by atoms with Crippen molar-refractivity contribution in [2.75, 3.05) is 26.2 Å². The van der Waals surface area contributed by atoms with Crippen molar-refractivity contribution in [3.8, 4) is 0 Å². The average molecular weight is 334 g/mol. The standard InChI is InChI=1S/C22H26N2O/c1-17-7-9-21(10-8-17)22(25)24-15-19-11-20(16-24)14-23(13-19)12-18-5-3-2-4-6-18/h2-10,19-20H,11-16H2,1H3. The topological polar surface area (TPSA) is 23.6 Å². The van der Waals surface area contributed by atoms with Crippen LogP contribution in [-0.2, 0) is 6.54 Å². The van der Waals surface area contributed by atoms with Crippen molar-refractivity contribution >= 4 is 5.91 Å². The molecule has 0 spiro atoms. The normalized spacial score (nSPS) is 23.5. The van der Waals surface area contributed by atoms with E-state index in [0.717, 1.165) is 38.3 Å². The van der Waals surface area contributed by atoms with Gasteiger partial charge in [-0.25, -0.2) is 0 Å². The Bertz CT molecular complexity index is 711. The maximum atomic E-state index is 12.8. The van der Waals surface area contributed by atoms with Crippen LogP contribution in [0.15, 0.2) is 54.6 Å². The van der Waals surface area contributed by atoms with E-state index < -0.39 is 0 Å². The number of piperidine rings is 2. The predicted molar refractivity (Wildman–Crippen MR) is 100 cm³/mol. The molecule has 0 aliphatic carbocycles. The molecule has 2 aromatic rings. The van der Waals surface area contributed by atoms with Crippen molar-refractivity contribution in [2.45, 2.75) is 19.9 Å². The summed E-state index contributed by atoms with van der Waals surface area (Å²) < 4.78 is 0. The van der Waals surface area contributed by atoms with Crippen molar-refractivity contribution in [1.29, 1.82) is 0 Å². The molecule has 2 fully saturated rings. The third kappa shape index (κ3) is 3.77. The molecule has 3 nitrogen and oxygen atoms in total. The highest BCUT2D eigenvalue weighted by molar-refractivity contribution is 5.94. The van der Waals surface area contributed by atoms with Gasteiger partial charge in [0.1, 0.15) is 0 Å². The molecule has 2 saturated heterocycles. The quantitative estimate of drug-likeness (QED) is 0.856. The van der Waals surface area contributed by atoms with E-state index in [1.165, 1.54) is 17.5 Å². The number of hydrogen-bond donors (Lipinski definition) is 0. The van der Waals surface area contributed by atoms with Crippen LogP contribution in [0.5, 0.6) is 0 Å². The highest BCUT2D eigenvalue weighted by Gasteiger charge is 2.35. The Balaban J connectivity index is 1.40. The van der Waals surface area contributed by atoms with Crippen LogP contribution in [0, 0.1) is 18.8 Å². The summed E-state index contributed by atoms with van der Waals surface area (Å²) in [6, 6.07) is 18.7. The summed E-state index contributed by atoms with van der Waals surface area (Å²) in [5.41, 5.74) is 3.41. The number of likely N-dealkylation sites (tertiary alicyclic amines) is 2. The average Bonchev–Trinajstić information content (AvgIpc) is 2.62. The minimum atomic E-state index is 0.200. The molecule has 0 radical (unpaired) electrons. The molecule has 2 bridgehead atoms. The molecule has 0 saturated carbocycles. The maximum Gasteiger partial charge on any atom is 0.253 e. The van der Waals surface area contributed by atoms with Crippen molar-refractivity contribution in [1.82, 2.24) is 9.80 Å². The molecule has 2 atom stereocenters. The number of nitrogens with zero attached hydrogens (tertiary/aromatic N) is 2. The van der Waals surface area contributed by atoms with Gasteiger partial charge in [-0.05, 0) is 42.9 Å². The Hall–Kier alpha value is -2.13. The lowest BCUT2D eigenvalue weighted by Gasteiger charge is -2.46. The fraction of sp³-hybridized carbons (Fsp3) is 0.409. The van der Waals surface area contributed by atoms with Crippen LogP contribution in [0.2, 0.25) is 0 Å². The Morgan fingerprint density at radius 1 is 0.920 bits per heavy atom. The first-order chi connectivity index (χ1) is 12.2. The molecule has 4 rings (SSSR count). The summed E-state index contributed by atoms with van der Waals surface area (Å²) >= 11 is 0. The molecule has 2 heterocycles. The number of carbonyl (C=O) groups is 1. The van der Waals surface area contributed by atoms with Crippen LogP contribution >= 0.6 is 0 Å². The lowest BCUT2D eigenvalue weighted by atomic mass is 9.84. The molecular formula is C22H26N2O. The van der Waals surface area contributed by atoms with E-state index in [2.05, 4.69) is 47.1 Å². The minimum Gasteiger partial charge on any atom is -0.338 e. The van der Waals surface area contributed by atoms with Gasteiger partial charge >= 0.3 is 0 Å². The van der Waals surface area contributed by atoms with Crippen LogP contribution in [-0.4, -0.2) is 41.9 Å². The Morgan fingerprint density at radius 3 is 2.20 bits per heavy atom. The second kappa shape index (κ2) is 7.01. The lowest BCUT2D eigenvalue weighted by molar-refractivity contribution is 0.0238. The molecule has 0 aromatic heterocycles. The van der Waals surface area contributed by atoms with Gasteiger partial charge in [0.05, 0.1) is 0 Å². The first kappa shape index (κ1) is 16.3. The fourth-order valence-corrected chi connectivity index (χ4v) is 4.40. The van der Waals surface area contributed by atoms with Gasteiger partial charge < -0.3 is 4.90 Å². The third-order valence-electron chi connectivity index (χ3n) is 5.49. The molecule has 130 valence electrons. The minimum absolute atomic E-state index is 0.200. The zero-order valence-electron chi connectivity index (χ0n) is 14.9. The van der Waals surface area contributed by atoms with E-state index in [9.17, 15) is 4.79 Å². The summed E-state index contributed by atoms with van der Waals surface area (Å²) in [7, 11) is 0.